The van der Waals surface area contributed by atoms with E-state index in [4.69, 9.17) is 5.11 Å². The summed E-state index contributed by atoms with van der Waals surface area (Å²) in [6, 6.07) is 0. The van der Waals surface area contributed by atoms with E-state index < -0.39 is 5.97 Å². The Balaban J connectivity index is 2.29. The summed E-state index contributed by atoms with van der Waals surface area (Å²) >= 11 is 0. The molecule has 1 aliphatic rings. The lowest BCUT2D eigenvalue weighted by molar-refractivity contribution is -0.136. The van der Waals surface area contributed by atoms with Crippen LogP contribution in [0.5, 0.6) is 0 Å². The van der Waals surface area contributed by atoms with Gasteiger partial charge in [-0.2, -0.15) is 4.98 Å². The third kappa shape index (κ3) is 3.52. The quantitative estimate of drug-likeness (QED) is 0.904. The fourth-order valence-corrected chi connectivity index (χ4v) is 3.38. The highest BCUT2D eigenvalue weighted by Gasteiger charge is 2.25. The highest BCUT2D eigenvalue weighted by atomic mass is 16.4. The summed E-state index contributed by atoms with van der Waals surface area (Å²) < 4.78 is 1.75. The maximum Gasteiger partial charge on any atom is 0.347 e. The minimum absolute atomic E-state index is 0.0708. The smallest absolute Gasteiger partial charge is 0.347 e. The van der Waals surface area contributed by atoms with Crippen LogP contribution in [0.3, 0.4) is 0 Å². The summed E-state index contributed by atoms with van der Waals surface area (Å²) in [6.07, 6.45) is 4.11. The van der Waals surface area contributed by atoms with Crippen molar-refractivity contribution >= 4 is 5.97 Å². The molecule has 116 valence electrons. The van der Waals surface area contributed by atoms with Gasteiger partial charge in [-0.3, -0.25) is 9.36 Å². The van der Waals surface area contributed by atoms with Gasteiger partial charge in [0, 0.05) is 24.4 Å². The Kier molecular flexibility index (Phi) is 4.80. The molecule has 1 aromatic rings. The number of rotatable bonds is 5. The lowest BCUT2D eigenvalue weighted by Gasteiger charge is -2.20. The molecule has 0 aliphatic heterocycles. The van der Waals surface area contributed by atoms with Crippen LogP contribution < -0.4 is 5.69 Å². The Bertz CT molecular complexity index is 592. The second-order valence-corrected chi connectivity index (χ2v) is 6.22. The van der Waals surface area contributed by atoms with E-state index in [2.05, 4.69) is 11.9 Å². The molecule has 0 saturated heterocycles. The number of aromatic nitrogens is 2. The van der Waals surface area contributed by atoms with Crippen LogP contribution in [0.4, 0.5) is 0 Å². The molecule has 1 saturated carbocycles. The molecule has 2 atom stereocenters. The normalized spacial score (nSPS) is 21.7. The van der Waals surface area contributed by atoms with Gasteiger partial charge in [-0.05, 0) is 44.1 Å². The molecular weight excluding hydrogens is 268 g/mol. The summed E-state index contributed by atoms with van der Waals surface area (Å²) in [7, 11) is 0. The Morgan fingerprint density at radius 3 is 2.67 bits per heavy atom. The third-order valence-corrected chi connectivity index (χ3v) is 4.82. The summed E-state index contributed by atoms with van der Waals surface area (Å²) in [4.78, 5) is 27.1. The monoisotopic (exact) mass is 292 g/mol. The summed E-state index contributed by atoms with van der Waals surface area (Å²) in [6.45, 7) is 6.64. The second-order valence-electron chi connectivity index (χ2n) is 6.22. The largest absolute Gasteiger partial charge is 0.481 e. The average Bonchev–Trinajstić information content (AvgIpc) is 2.79. The van der Waals surface area contributed by atoms with Crippen LogP contribution in [0.15, 0.2) is 4.79 Å². The van der Waals surface area contributed by atoms with Gasteiger partial charge in [0.15, 0.2) is 0 Å². The van der Waals surface area contributed by atoms with Crippen LogP contribution in [-0.2, 0) is 17.8 Å². The minimum Gasteiger partial charge on any atom is -0.481 e. The van der Waals surface area contributed by atoms with Crippen molar-refractivity contribution in [2.45, 2.75) is 59.4 Å². The maximum absolute atomic E-state index is 12.2. The molecule has 1 fully saturated rings. The molecule has 0 radical (unpaired) electrons. The number of hydrogen-bond donors (Lipinski definition) is 1. The van der Waals surface area contributed by atoms with Gasteiger partial charge >= 0.3 is 11.7 Å². The number of nitrogens with zero attached hydrogens (tertiary/aromatic N) is 2. The van der Waals surface area contributed by atoms with Crippen molar-refractivity contribution in [1.29, 1.82) is 0 Å². The van der Waals surface area contributed by atoms with Gasteiger partial charge in [0.2, 0.25) is 0 Å². The molecule has 1 N–H and O–H groups in total. The van der Waals surface area contributed by atoms with Crippen LogP contribution >= 0.6 is 0 Å². The lowest BCUT2D eigenvalue weighted by atomic mass is 9.97. The van der Waals surface area contributed by atoms with Crippen molar-refractivity contribution in [3.8, 4) is 0 Å². The topological polar surface area (TPSA) is 72.2 Å². The van der Waals surface area contributed by atoms with E-state index >= 15 is 0 Å². The number of carboxylic acid groups (broad SMARTS) is 1. The Morgan fingerprint density at radius 1 is 1.38 bits per heavy atom. The summed E-state index contributed by atoms with van der Waals surface area (Å²) in [5, 5.41) is 8.86. The summed E-state index contributed by atoms with van der Waals surface area (Å²) in [5.74, 6) is 0.342. The second kappa shape index (κ2) is 6.41. The zero-order valence-corrected chi connectivity index (χ0v) is 13.1. The van der Waals surface area contributed by atoms with Crippen LogP contribution in [-0.4, -0.2) is 20.6 Å². The van der Waals surface area contributed by atoms with Gasteiger partial charge in [-0.25, -0.2) is 4.79 Å². The highest BCUT2D eigenvalue weighted by molar-refractivity contribution is 5.67. The van der Waals surface area contributed by atoms with Crippen molar-refractivity contribution in [3.05, 3.63) is 27.4 Å². The van der Waals surface area contributed by atoms with Gasteiger partial charge in [-0.1, -0.05) is 19.8 Å². The number of aliphatic carboxylic acids is 1. The first kappa shape index (κ1) is 15.7. The molecule has 0 spiro atoms. The number of carboxylic acids is 1. The first-order valence-corrected chi connectivity index (χ1v) is 7.69. The van der Waals surface area contributed by atoms with Crippen molar-refractivity contribution in [2.75, 3.05) is 0 Å². The van der Waals surface area contributed by atoms with E-state index in [1.165, 1.54) is 12.8 Å². The zero-order valence-electron chi connectivity index (χ0n) is 13.1. The Morgan fingerprint density at radius 2 is 2.10 bits per heavy atom. The van der Waals surface area contributed by atoms with Crippen LogP contribution in [0.2, 0.25) is 0 Å². The Labute approximate surface area is 125 Å². The van der Waals surface area contributed by atoms with Gasteiger partial charge in [-0.15, -0.1) is 0 Å². The highest BCUT2D eigenvalue weighted by Crippen LogP contribution is 2.32. The summed E-state index contributed by atoms with van der Waals surface area (Å²) in [5.41, 5.74) is 2.24. The predicted molar refractivity (Wildman–Crippen MR) is 80.4 cm³/mol. The maximum atomic E-state index is 12.2. The SMILES string of the molecule is Cc1nc(=O)n(CC2CCCC2C)c(C)c1CCC(=O)O. The number of aryl methyl sites for hydroxylation is 1. The standard InChI is InChI=1S/C16H24N2O3/c1-10-5-4-6-13(10)9-18-12(3)14(7-8-15(19)20)11(2)17-16(18)21/h10,13H,4-9H2,1-3H3,(H,19,20). The van der Waals surface area contributed by atoms with Gasteiger partial charge in [0.1, 0.15) is 0 Å². The van der Waals surface area contributed by atoms with E-state index in [1.54, 1.807) is 11.5 Å². The molecule has 5 nitrogen and oxygen atoms in total. The molecule has 2 unspecified atom stereocenters. The molecular formula is C16H24N2O3. The van der Waals surface area contributed by atoms with Crippen molar-refractivity contribution in [3.63, 3.8) is 0 Å². The predicted octanol–water partition coefficient (Wildman–Crippen LogP) is 2.31. The van der Waals surface area contributed by atoms with E-state index in [0.717, 1.165) is 17.7 Å². The molecule has 1 aliphatic carbocycles. The Hall–Kier alpha value is -1.65. The van der Waals surface area contributed by atoms with E-state index in [1.807, 2.05) is 6.92 Å². The molecule has 0 amide bonds. The average molecular weight is 292 g/mol. The van der Waals surface area contributed by atoms with E-state index in [9.17, 15) is 9.59 Å². The van der Waals surface area contributed by atoms with Gasteiger partial charge in [0.25, 0.3) is 0 Å². The van der Waals surface area contributed by atoms with E-state index in [-0.39, 0.29) is 12.1 Å². The molecule has 1 heterocycles. The first-order chi connectivity index (χ1) is 9.90. The van der Waals surface area contributed by atoms with Crippen molar-refractivity contribution < 1.29 is 9.90 Å². The first-order valence-electron chi connectivity index (χ1n) is 7.69. The van der Waals surface area contributed by atoms with Crippen LogP contribution in [0.25, 0.3) is 0 Å². The third-order valence-electron chi connectivity index (χ3n) is 4.82. The molecule has 0 aromatic carbocycles. The van der Waals surface area contributed by atoms with E-state index in [0.29, 0.717) is 30.5 Å². The fourth-order valence-electron chi connectivity index (χ4n) is 3.38. The molecule has 0 bridgehead atoms. The lowest BCUT2D eigenvalue weighted by Crippen LogP contribution is -2.31. The van der Waals surface area contributed by atoms with Crippen LogP contribution in [0, 0.1) is 25.7 Å². The van der Waals surface area contributed by atoms with Crippen LogP contribution in [0.1, 0.15) is 49.6 Å². The molecule has 5 heteroatoms. The van der Waals surface area contributed by atoms with Gasteiger partial charge in [0.05, 0.1) is 0 Å². The zero-order chi connectivity index (χ0) is 15.6. The van der Waals surface area contributed by atoms with Crippen molar-refractivity contribution in [2.24, 2.45) is 11.8 Å². The minimum atomic E-state index is -0.823. The number of carbonyl (C=O) groups is 1. The van der Waals surface area contributed by atoms with Gasteiger partial charge < -0.3 is 5.11 Å². The van der Waals surface area contributed by atoms with Crippen molar-refractivity contribution in [1.82, 2.24) is 9.55 Å². The fraction of sp³-hybridized carbons (Fsp3) is 0.688. The molecule has 1 aromatic heterocycles. The molecule has 21 heavy (non-hydrogen) atoms. The molecule has 2 rings (SSSR count). The number of hydrogen-bond acceptors (Lipinski definition) is 3.